The smallest absolute Gasteiger partial charge is 0.261 e. The van der Waals surface area contributed by atoms with Gasteiger partial charge in [-0.15, -0.1) is 0 Å². The van der Waals surface area contributed by atoms with Gasteiger partial charge in [-0.3, -0.25) is 4.79 Å². The first-order valence-electron chi connectivity index (χ1n) is 8.84. The average molecular weight is 374 g/mol. The van der Waals surface area contributed by atoms with E-state index in [-0.39, 0.29) is 5.91 Å². The molecule has 1 N–H and O–H groups in total. The number of ether oxygens (including phenoxy) is 2. The number of aryl methyl sites for hydroxylation is 1. The van der Waals surface area contributed by atoms with Crippen molar-refractivity contribution < 1.29 is 14.3 Å². The molecule has 0 bridgehead atoms. The van der Waals surface area contributed by atoms with Crippen LogP contribution in [0, 0.1) is 6.92 Å². The van der Waals surface area contributed by atoms with Gasteiger partial charge in [0.2, 0.25) is 0 Å². The van der Waals surface area contributed by atoms with Gasteiger partial charge in [-0.25, -0.2) is 0 Å². The normalized spacial score (nSPS) is 11.7. The molecular weight excluding hydrogens is 346 g/mol. The van der Waals surface area contributed by atoms with Crippen LogP contribution >= 0.6 is 11.8 Å². The van der Waals surface area contributed by atoms with E-state index in [1.807, 2.05) is 43.0 Å². The van der Waals surface area contributed by atoms with E-state index in [1.165, 1.54) is 11.1 Å². The first-order valence-corrected chi connectivity index (χ1v) is 10.00. The molecule has 0 spiro atoms. The summed E-state index contributed by atoms with van der Waals surface area (Å²) >= 11 is 1.81. The maximum absolute atomic E-state index is 12.4. The van der Waals surface area contributed by atoms with Crippen LogP contribution in [0.5, 0.6) is 11.5 Å². The number of nitrogens with one attached hydrogen (secondary N) is 1. The number of benzene rings is 2. The summed E-state index contributed by atoms with van der Waals surface area (Å²) in [5.41, 5.74) is 2.59. The number of carbonyl (C=O) groups excluding carboxylic acids is 1. The molecule has 0 radical (unpaired) electrons. The summed E-state index contributed by atoms with van der Waals surface area (Å²) in [6, 6.07) is 15.9. The fraction of sp³-hybridized carbons (Fsp3) is 0.381. The molecule has 5 heteroatoms. The Morgan fingerprint density at radius 3 is 2.62 bits per heavy atom. The van der Waals surface area contributed by atoms with Crippen LogP contribution < -0.4 is 14.8 Å². The lowest BCUT2D eigenvalue weighted by Crippen LogP contribution is -2.39. The molecule has 4 nitrogen and oxygen atoms in total. The fourth-order valence-corrected chi connectivity index (χ4v) is 3.35. The van der Waals surface area contributed by atoms with Crippen molar-refractivity contribution in [3.05, 3.63) is 59.7 Å². The molecule has 2 aromatic carbocycles. The van der Waals surface area contributed by atoms with E-state index in [4.69, 9.17) is 9.47 Å². The molecule has 1 atom stereocenters. The van der Waals surface area contributed by atoms with Gasteiger partial charge in [-0.1, -0.05) is 48.9 Å². The van der Waals surface area contributed by atoms with Crippen LogP contribution in [0.3, 0.4) is 0 Å². The predicted octanol–water partition coefficient (Wildman–Crippen LogP) is 4.21. The summed E-state index contributed by atoms with van der Waals surface area (Å²) in [6.07, 6.45) is 0.0772. The van der Waals surface area contributed by atoms with E-state index in [0.29, 0.717) is 24.5 Å². The summed E-state index contributed by atoms with van der Waals surface area (Å²) in [7, 11) is 1.59. The molecule has 0 aliphatic rings. The quantitative estimate of drug-likeness (QED) is 0.634. The van der Waals surface area contributed by atoms with Crippen LogP contribution in [-0.2, 0) is 10.5 Å². The molecule has 0 fully saturated rings. The molecular formula is C21H27NO3S. The third-order valence-corrected chi connectivity index (χ3v) is 4.93. The van der Waals surface area contributed by atoms with Crippen LogP contribution in [0.4, 0.5) is 0 Å². The Hall–Kier alpha value is -2.14. The largest absolute Gasteiger partial charge is 0.493 e. The number of carbonyl (C=O) groups is 1. The molecule has 1 amide bonds. The molecule has 26 heavy (non-hydrogen) atoms. The zero-order valence-corrected chi connectivity index (χ0v) is 16.5. The Kier molecular flexibility index (Phi) is 8.35. The van der Waals surface area contributed by atoms with Crippen LogP contribution in [0.15, 0.2) is 48.5 Å². The van der Waals surface area contributed by atoms with E-state index in [0.717, 1.165) is 11.5 Å². The van der Waals surface area contributed by atoms with Gasteiger partial charge in [0.25, 0.3) is 5.91 Å². The summed E-state index contributed by atoms with van der Waals surface area (Å²) in [5.74, 6) is 2.95. The lowest BCUT2D eigenvalue weighted by atomic mass is 10.2. The first-order chi connectivity index (χ1) is 12.6. The Morgan fingerprint density at radius 2 is 1.92 bits per heavy atom. The highest BCUT2D eigenvalue weighted by molar-refractivity contribution is 7.98. The van der Waals surface area contributed by atoms with Crippen molar-refractivity contribution in [2.45, 2.75) is 32.1 Å². The van der Waals surface area contributed by atoms with Crippen molar-refractivity contribution in [3.63, 3.8) is 0 Å². The third kappa shape index (κ3) is 6.30. The van der Waals surface area contributed by atoms with Crippen LogP contribution in [0.2, 0.25) is 0 Å². The zero-order chi connectivity index (χ0) is 18.8. The summed E-state index contributed by atoms with van der Waals surface area (Å²) < 4.78 is 11.1. The molecule has 2 aromatic rings. The van der Waals surface area contributed by atoms with Crippen molar-refractivity contribution in [1.29, 1.82) is 0 Å². The molecule has 0 saturated carbocycles. The Labute approximate surface area is 160 Å². The lowest BCUT2D eigenvalue weighted by Gasteiger charge is -2.18. The minimum atomic E-state index is -0.520. The Morgan fingerprint density at radius 1 is 1.15 bits per heavy atom. The highest BCUT2D eigenvalue weighted by atomic mass is 32.2. The van der Waals surface area contributed by atoms with Gasteiger partial charge in [0.15, 0.2) is 17.6 Å². The van der Waals surface area contributed by atoms with Gasteiger partial charge >= 0.3 is 0 Å². The minimum Gasteiger partial charge on any atom is -0.493 e. The lowest BCUT2D eigenvalue weighted by molar-refractivity contribution is -0.128. The SMILES string of the molecule is CC[C@@H](Oc1ccccc1OC)C(=O)NCCSCc1cccc(C)c1. The molecule has 0 saturated heterocycles. The summed E-state index contributed by atoms with van der Waals surface area (Å²) in [5, 5.41) is 2.96. The topological polar surface area (TPSA) is 47.6 Å². The molecule has 0 aliphatic heterocycles. The maximum atomic E-state index is 12.4. The molecule has 140 valence electrons. The van der Waals surface area contributed by atoms with Crippen LogP contribution in [0.25, 0.3) is 0 Å². The van der Waals surface area contributed by atoms with E-state index in [2.05, 4.69) is 36.5 Å². The summed E-state index contributed by atoms with van der Waals surface area (Å²) in [4.78, 5) is 12.4. The van der Waals surface area contributed by atoms with Gasteiger partial charge in [0.1, 0.15) is 0 Å². The number of hydrogen-bond donors (Lipinski definition) is 1. The number of hydrogen-bond acceptors (Lipinski definition) is 4. The average Bonchev–Trinajstić information content (AvgIpc) is 2.66. The highest BCUT2D eigenvalue weighted by Gasteiger charge is 2.19. The van der Waals surface area contributed by atoms with Crippen LogP contribution in [0.1, 0.15) is 24.5 Å². The van der Waals surface area contributed by atoms with Gasteiger partial charge < -0.3 is 14.8 Å². The van der Waals surface area contributed by atoms with Crippen molar-refractivity contribution in [2.24, 2.45) is 0 Å². The maximum Gasteiger partial charge on any atom is 0.261 e. The van der Waals surface area contributed by atoms with Gasteiger partial charge in [0, 0.05) is 18.1 Å². The predicted molar refractivity (Wildman–Crippen MR) is 108 cm³/mol. The monoisotopic (exact) mass is 373 g/mol. The number of amides is 1. The van der Waals surface area contributed by atoms with Crippen LogP contribution in [-0.4, -0.2) is 31.4 Å². The number of rotatable bonds is 10. The second-order valence-electron chi connectivity index (χ2n) is 6.00. The van der Waals surface area contributed by atoms with Crippen molar-refractivity contribution >= 4 is 17.7 Å². The Bertz CT molecular complexity index is 705. The summed E-state index contributed by atoms with van der Waals surface area (Å²) in [6.45, 7) is 4.66. The van der Waals surface area contributed by atoms with E-state index >= 15 is 0 Å². The van der Waals surface area contributed by atoms with Gasteiger partial charge in [-0.05, 0) is 31.0 Å². The zero-order valence-electron chi connectivity index (χ0n) is 15.7. The van der Waals surface area contributed by atoms with Crippen molar-refractivity contribution in [1.82, 2.24) is 5.32 Å². The van der Waals surface area contributed by atoms with E-state index < -0.39 is 6.10 Å². The third-order valence-electron chi connectivity index (χ3n) is 3.90. The second kappa shape index (κ2) is 10.8. The van der Waals surface area contributed by atoms with Crippen molar-refractivity contribution in [3.8, 4) is 11.5 Å². The fourth-order valence-electron chi connectivity index (χ4n) is 2.54. The van der Waals surface area contributed by atoms with Crippen molar-refractivity contribution in [2.75, 3.05) is 19.4 Å². The second-order valence-corrected chi connectivity index (χ2v) is 7.10. The molecule has 2 rings (SSSR count). The number of para-hydroxylation sites is 2. The number of thioether (sulfide) groups is 1. The van der Waals surface area contributed by atoms with E-state index in [1.54, 1.807) is 7.11 Å². The van der Waals surface area contributed by atoms with Gasteiger partial charge in [0.05, 0.1) is 7.11 Å². The molecule has 0 heterocycles. The van der Waals surface area contributed by atoms with E-state index in [9.17, 15) is 4.79 Å². The standard InChI is InChI=1S/C21H27NO3S/c1-4-18(25-20-11-6-5-10-19(20)24-3)21(23)22-12-13-26-15-17-9-7-8-16(2)14-17/h5-11,14,18H,4,12-13,15H2,1-3H3,(H,22,23)/t18-/m1/s1. The Balaban J connectivity index is 1.74. The van der Waals surface area contributed by atoms with Gasteiger partial charge in [-0.2, -0.15) is 11.8 Å². The molecule has 0 unspecified atom stereocenters. The molecule has 0 aromatic heterocycles. The minimum absolute atomic E-state index is 0.0884. The number of methoxy groups -OCH3 is 1. The highest BCUT2D eigenvalue weighted by Crippen LogP contribution is 2.27. The molecule has 0 aliphatic carbocycles. The first kappa shape index (κ1) is 20.2.